The van der Waals surface area contributed by atoms with Gasteiger partial charge in [0.1, 0.15) is 11.5 Å². The van der Waals surface area contributed by atoms with E-state index < -0.39 is 26.8 Å². The molecule has 0 unspecified atom stereocenters. The Bertz CT molecular complexity index is 1360. The summed E-state index contributed by atoms with van der Waals surface area (Å²) in [7, 11) is -2.34. The summed E-state index contributed by atoms with van der Waals surface area (Å²) in [6.07, 6.45) is 0.598. The minimum Gasteiger partial charge on any atom is -0.497 e. The van der Waals surface area contributed by atoms with Crippen LogP contribution in [0.15, 0.2) is 59.5 Å². The molecule has 3 aromatic rings. The predicted molar refractivity (Wildman–Crippen MR) is 125 cm³/mol. The molecule has 0 amide bonds. The number of aryl methyl sites for hydroxylation is 1. The van der Waals surface area contributed by atoms with Crippen molar-refractivity contribution in [2.24, 2.45) is 5.92 Å². The summed E-state index contributed by atoms with van der Waals surface area (Å²) < 4.78 is 38.3. The highest BCUT2D eigenvalue weighted by Gasteiger charge is 2.34. The fourth-order valence-corrected chi connectivity index (χ4v) is 5.76. The predicted octanol–water partition coefficient (Wildman–Crippen LogP) is 4.07. The summed E-state index contributed by atoms with van der Waals surface area (Å²) in [6, 6.07) is 14.7. The molecule has 4 rings (SSSR count). The zero-order chi connectivity index (χ0) is 24.5. The van der Waals surface area contributed by atoms with Gasteiger partial charge in [-0.2, -0.15) is 4.31 Å². The fraction of sp³-hybridized carbons (Fsp3) is 0.292. The largest absolute Gasteiger partial charge is 0.497 e. The monoisotopic (exact) mass is 484 g/mol. The summed E-state index contributed by atoms with van der Waals surface area (Å²) in [5, 5.41) is 12.9. The lowest BCUT2D eigenvalue weighted by Crippen LogP contribution is -2.41. The van der Waals surface area contributed by atoms with Crippen molar-refractivity contribution in [3.05, 3.63) is 70.3 Å². The first-order chi connectivity index (χ1) is 16.2. The van der Waals surface area contributed by atoms with Crippen molar-refractivity contribution in [2.75, 3.05) is 20.2 Å². The van der Waals surface area contributed by atoms with Gasteiger partial charge < -0.3 is 9.47 Å². The Hall–Kier alpha value is -3.50. The third kappa shape index (κ3) is 4.73. The first kappa shape index (κ1) is 23.7. The number of nitro benzene ring substituents is 1. The van der Waals surface area contributed by atoms with Crippen LogP contribution in [0.3, 0.4) is 0 Å². The standard InChI is InChI=1S/C24H24N2O7S/c1-16-3-6-20(26(28)29)15-23(16)34(30,31)25-11-9-18(10-12-25)24(27)33-22-8-5-17-4-7-21(32-2)13-19(17)14-22/h3-8,13-15,18H,9-12H2,1-2H3. The minimum absolute atomic E-state index is 0.0886. The van der Waals surface area contributed by atoms with Gasteiger partial charge in [-0.1, -0.05) is 18.2 Å². The van der Waals surface area contributed by atoms with Crippen LogP contribution in [0.5, 0.6) is 11.5 Å². The fourth-order valence-electron chi connectivity index (χ4n) is 4.04. The molecule has 0 radical (unpaired) electrons. The van der Waals surface area contributed by atoms with Crippen LogP contribution in [0.1, 0.15) is 18.4 Å². The summed E-state index contributed by atoms with van der Waals surface area (Å²) in [6.45, 7) is 1.85. The maximum atomic E-state index is 13.1. The number of piperidine rings is 1. The van der Waals surface area contributed by atoms with Gasteiger partial charge >= 0.3 is 5.97 Å². The van der Waals surface area contributed by atoms with Crippen LogP contribution in [-0.2, 0) is 14.8 Å². The Balaban J connectivity index is 1.43. The second kappa shape index (κ2) is 9.40. The van der Waals surface area contributed by atoms with Crippen molar-refractivity contribution in [3.63, 3.8) is 0 Å². The number of non-ortho nitro benzene ring substituents is 1. The Kier molecular flexibility index (Phi) is 6.54. The van der Waals surface area contributed by atoms with Crippen molar-refractivity contribution < 1.29 is 27.6 Å². The van der Waals surface area contributed by atoms with Crippen molar-refractivity contribution in [3.8, 4) is 11.5 Å². The minimum atomic E-state index is -3.92. The van der Waals surface area contributed by atoms with Crippen molar-refractivity contribution >= 4 is 32.5 Å². The van der Waals surface area contributed by atoms with E-state index in [2.05, 4.69) is 0 Å². The third-order valence-corrected chi connectivity index (χ3v) is 8.07. The highest BCUT2D eigenvalue weighted by atomic mass is 32.2. The second-order valence-electron chi connectivity index (χ2n) is 8.18. The lowest BCUT2D eigenvalue weighted by molar-refractivity contribution is -0.385. The van der Waals surface area contributed by atoms with Crippen LogP contribution < -0.4 is 9.47 Å². The molecule has 9 nitrogen and oxygen atoms in total. The van der Waals surface area contributed by atoms with Gasteiger partial charge in [-0.3, -0.25) is 14.9 Å². The van der Waals surface area contributed by atoms with Gasteiger partial charge in [-0.05, 0) is 60.4 Å². The number of hydrogen-bond donors (Lipinski definition) is 0. The smallest absolute Gasteiger partial charge is 0.314 e. The first-order valence-corrected chi connectivity index (χ1v) is 12.2. The number of ether oxygens (including phenoxy) is 2. The molecule has 0 spiro atoms. The van der Waals surface area contributed by atoms with Crippen molar-refractivity contribution in [1.29, 1.82) is 0 Å². The molecule has 10 heteroatoms. The molecular weight excluding hydrogens is 460 g/mol. The van der Waals surface area contributed by atoms with E-state index in [1.165, 1.54) is 16.4 Å². The van der Waals surface area contributed by atoms with Gasteiger partial charge in [0.05, 0.1) is 22.8 Å². The number of benzene rings is 3. The van der Waals surface area contributed by atoms with Crippen LogP contribution in [-0.4, -0.2) is 43.8 Å². The molecule has 0 aromatic heterocycles. The van der Waals surface area contributed by atoms with E-state index >= 15 is 0 Å². The van der Waals surface area contributed by atoms with Gasteiger partial charge in [0.2, 0.25) is 10.0 Å². The van der Waals surface area contributed by atoms with E-state index in [4.69, 9.17) is 9.47 Å². The topological polar surface area (TPSA) is 116 Å². The molecule has 1 saturated heterocycles. The molecule has 178 valence electrons. The SMILES string of the molecule is COc1ccc2ccc(OC(=O)C3CCN(S(=O)(=O)c4cc([N+](=O)[O-])ccc4C)CC3)cc2c1. The first-order valence-electron chi connectivity index (χ1n) is 10.7. The normalized spacial score (nSPS) is 15.2. The van der Waals surface area contributed by atoms with E-state index in [-0.39, 0.29) is 23.7 Å². The van der Waals surface area contributed by atoms with Crippen LogP contribution in [0, 0.1) is 23.0 Å². The molecule has 3 aromatic carbocycles. The lowest BCUT2D eigenvalue weighted by atomic mass is 9.98. The highest BCUT2D eigenvalue weighted by molar-refractivity contribution is 7.89. The third-order valence-electron chi connectivity index (χ3n) is 6.02. The highest BCUT2D eigenvalue weighted by Crippen LogP contribution is 2.30. The van der Waals surface area contributed by atoms with E-state index in [0.717, 1.165) is 16.8 Å². The van der Waals surface area contributed by atoms with Crippen LogP contribution in [0.4, 0.5) is 5.69 Å². The molecule has 0 atom stereocenters. The number of esters is 1. The maximum absolute atomic E-state index is 13.1. The van der Waals surface area contributed by atoms with Crippen molar-refractivity contribution in [2.45, 2.75) is 24.7 Å². The Morgan fingerprint density at radius 2 is 1.65 bits per heavy atom. The average molecular weight is 485 g/mol. The van der Waals surface area contributed by atoms with Gasteiger partial charge in [0.25, 0.3) is 5.69 Å². The van der Waals surface area contributed by atoms with Gasteiger partial charge in [0.15, 0.2) is 0 Å². The molecule has 0 N–H and O–H groups in total. The Morgan fingerprint density at radius 1 is 1.00 bits per heavy atom. The number of carbonyl (C=O) groups excluding carboxylic acids is 1. The summed E-state index contributed by atoms with van der Waals surface area (Å²) in [5.41, 5.74) is 0.149. The van der Waals surface area contributed by atoms with Crippen LogP contribution >= 0.6 is 0 Å². The number of rotatable bonds is 6. The molecule has 0 saturated carbocycles. The molecular formula is C24H24N2O7S. The molecule has 1 heterocycles. The lowest BCUT2D eigenvalue weighted by Gasteiger charge is -2.30. The van der Waals surface area contributed by atoms with E-state index in [1.54, 1.807) is 26.2 Å². The molecule has 0 aliphatic carbocycles. The van der Waals surface area contributed by atoms with E-state index in [0.29, 0.717) is 29.9 Å². The van der Waals surface area contributed by atoms with Crippen LogP contribution in [0.2, 0.25) is 0 Å². The number of sulfonamides is 1. The average Bonchev–Trinajstić information content (AvgIpc) is 2.83. The molecule has 1 fully saturated rings. The van der Waals surface area contributed by atoms with Crippen LogP contribution in [0.25, 0.3) is 10.8 Å². The molecule has 34 heavy (non-hydrogen) atoms. The van der Waals surface area contributed by atoms with E-state index in [1.807, 2.05) is 24.3 Å². The zero-order valence-corrected chi connectivity index (χ0v) is 19.6. The molecule has 1 aliphatic rings. The second-order valence-corrected chi connectivity index (χ2v) is 10.1. The summed E-state index contributed by atoms with van der Waals surface area (Å²) >= 11 is 0. The molecule has 1 aliphatic heterocycles. The van der Waals surface area contributed by atoms with Gasteiger partial charge in [0, 0.05) is 25.2 Å². The van der Waals surface area contributed by atoms with Crippen molar-refractivity contribution in [1.82, 2.24) is 4.31 Å². The summed E-state index contributed by atoms with van der Waals surface area (Å²) in [5.74, 6) is 0.251. The number of nitro groups is 1. The zero-order valence-electron chi connectivity index (χ0n) is 18.8. The Morgan fingerprint density at radius 3 is 2.29 bits per heavy atom. The summed E-state index contributed by atoms with van der Waals surface area (Å²) in [4.78, 5) is 23.1. The number of hydrogen-bond acceptors (Lipinski definition) is 7. The van der Waals surface area contributed by atoms with Gasteiger partial charge in [-0.15, -0.1) is 0 Å². The Labute approximate surface area is 197 Å². The number of carbonyl (C=O) groups is 1. The quantitative estimate of drug-likeness (QED) is 0.224. The number of nitrogens with zero attached hydrogens (tertiary/aromatic N) is 2. The van der Waals surface area contributed by atoms with E-state index in [9.17, 15) is 23.3 Å². The van der Waals surface area contributed by atoms with Gasteiger partial charge in [-0.25, -0.2) is 8.42 Å². The number of fused-ring (bicyclic) bond motifs is 1. The maximum Gasteiger partial charge on any atom is 0.314 e. The molecule has 0 bridgehead atoms. The number of methoxy groups -OCH3 is 1.